The maximum Gasteiger partial charge on any atom is 0.184 e. The van der Waals surface area contributed by atoms with Crippen LogP contribution in [0, 0.1) is 0 Å². The average Bonchev–Trinajstić information content (AvgIpc) is 3.05. The average molecular weight is 409 g/mol. The lowest BCUT2D eigenvalue weighted by Crippen LogP contribution is -1.99. The lowest BCUT2D eigenvalue weighted by molar-refractivity contribution is 0.102. The summed E-state index contributed by atoms with van der Waals surface area (Å²) in [6, 6.07) is 1.90. The lowest BCUT2D eigenvalue weighted by atomic mass is 10.3. The van der Waals surface area contributed by atoms with Crippen LogP contribution in [0.3, 0.4) is 0 Å². The number of halogens is 1. The molecule has 108 valence electrons. The molecule has 0 fully saturated rings. The van der Waals surface area contributed by atoms with E-state index in [4.69, 9.17) is 0 Å². The zero-order valence-corrected chi connectivity index (χ0v) is 15.6. The Balaban J connectivity index is 1.82. The fourth-order valence-corrected chi connectivity index (χ4v) is 5.97. The number of hydrogen-bond acceptors (Lipinski definition) is 7. The van der Waals surface area contributed by atoms with Gasteiger partial charge in [0.15, 0.2) is 14.5 Å². The number of thioether (sulfide) groups is 2. The largest absolute Gasteiger partial charge is 0.292 e. The summed E-state index contributed by atoms with van der Waals surface area (Å²) in [4.78, 5) is 12.8. The molecule has 0 aliphatic heterocycles. The molecule has 0 aromatic carbocycles. The summed E-state index contributed by atoms with van der Waals surface area (Å²) in [6.07, 6.45) is 2.38. The van der Waals surface area contributed by atoms with Crippen LogP contribution >= 0.6 is 62.1 Å². The van der Waals surface area contributed by atoms with Gasteiger partial charge in [-0.2, -0.15) is 0 Å². The Hall–Kier alpha value is 0.110. The highest BCUT2D eigenvalue weighted by Crippen LogP contribution is 2.31. The molecule has 2 aromatic heterocycles. The Morgan fingerprint density at radius 2 is 2.10 bits per heavy atom. The van der Waals surface area contributed by atoms with Crippen LogP contribution in [0.15, 0.2) is 24.6 Å². The first kappa shape index (κ1) is 16.5. The second kappa shape index (κ2) is 8.53. The molecule has 0 saturated heterocycles. The number of hydrogen-bond donors (Lipinski definition) is 0. The number of rotatable bonds is 8. The maximum atomic E-state index is 12.0. The van der Waals surface area contributed by atoms with E-state index < -0.39 is 0 Å². The molecule has 0 unspecified atom stereocenters. The molecule has 20 heavy (non-hydrogen) atoms. The molecule has 0 aliphatic carbocycles. The number of ketones is 1. The van der Waals surface area contributed by atoms with Gasteiger partial charge in [-0.1, -0.05) is 48.2 Å². The third-order valence-corrected chi connectivity index (χ3v) is 7.46. The van der Waals surface area contributed by atoms with Gasteiger partial charge in [-0.15, -0.1) is 21.5 Å². The number of thiophene rings is 1. The number of Topliss-reactive ketones (excluding diaryl/α,β-unsaturated/α-hetero) is 1. The van der Waals surface area contributed by atoms with Crippen LogP contribution in [0.2, 0.25) is 0 Å². The molecule has 0 spiro atoms. The minimum atomic E-state index is 0.132. The maximum absolute atomic E-state index is 12.0. The summed E-state index contributed by atoms with van der Waals surface area (Å²) in [6.45, 7) is 2.18. The van der Waals surface area contributed by atoms with Gasteiger partial charge in [0.2, 0.25) is 0 Å². The van der Waals surface area contributed by atoms with Crippen LogP contribution in [-0.4, -0.2) is 27.5 Å². The lowest BCUT2D eigenvalue weighted by Gasteiger charge is -1.96. The fourth-order valence-electron chi connectivity index (χ4n) is 1.30. The topological polar surface area (TPSA) is 42.9 Å². The molecule has 2 aromatic rings. The van der Waals surface area contributed by atoms with Crippen molar-refractivity contribution in [1.82, 2.24) is 10.2 Å². The summed E-state index contributed by atoms with van der Waals surface area (Å²) >= 11 is 9.62. The predicted octanol–water partition coefficient (Wildman–Crippen LogP) is 5.23. The molecule has 3 nitrogen and oxygen atoms in total. The molecule has 0 radical (unpaired) electrons. The second-order valence-electron chi connectivity index (χ2n) is 3.85. The molecule has 8 heteroatoms. The van der Waals surface area contributed by atoms with Gasteiger partial charge in [0.1, 0.15) is 0 Å². The Bertz CT molecular complexity index is 569. The highest BCUT2D eigenvalue weighted by Gasteiger charge is 2.13. The van der Waals surface area contributed by atoms with E-state index in [9.17, 15) is 4.79 Å². The molecule has 0 saturated carbocycles. The van der Waals surface area contributed by atoms with Crippen LogP contribution < -0.4 is 0 Å². The van der Waals surface area contributed by atoms with Crippen LogP contribution in [0.1, 0.15) is 29.4 Å². The fraction of sp³-hybridized carbons (Fsp3) is 0.417. The highest BCUT2D eigenvalue weighted by atomic mass is 79.9. The number of nitrogens with zero attached hydrogens (tertiary/aromatic N) is 2. The smallest absolute Gasteiger partial charge is 0.184 e. The Morgan fingerprint density at radius 3 is 2.75 bits per heavy atom. The van der Waals surface area contributed by atoms with Gasteiger partial charge in [-0.05, 0) is 33.8 Å². The van der Waals surface area contributed by atoms with E-state index in [0.717, 1.165) is 23.8 Å². The molecular weight excluding hydrogens is 396 g/mol. The molecule has 0 aliphatic rings. The van der Waals surface area contributed by atoms with Gasteiger partial charge < -0.3 is 0 Å². The van der Waals surface area contributed by atoms with Crippen molar-refractivity contribution in [3.63, 3.8) is 0 Å². The first-order valence-corrected chi connectivity index (χ1v) is 10.5. The van der Waals surface area contributed by atoms with E-state index in [0.29, 0.717) is 5.75 Å². The molecule has 0 atom stereocenters. The summed E-state index contributed by atoms with van der Waals surface area (Å²) in [5, 5.41) is 10.2. The summed E-state index contributed by atoms with van der Waals surface area (Å²) < 4.78 is 2.73. The molecule has 2 rings (SSSR count). The summed E-state index contributed by atoms with van der Waals surface area (Å²) in [7, 11) is 0. The van der Waals surface area contributed by atoms with Crippen LogP contribution in [0.4, 0.5) is 0 Å². The van der Waals surface area contributed by atoms with E-state index in [1.165, 1.54) is 35.9 Å². The number of unbranched alkanes of at least 4 members (excludes halogenated alkanes) is 1. The van der Waals surface area contributed by atoms with Crippen LogP contribution in [0.5, 0.6) is 0 Å². The van der Waals surface area contributed by atoms with E-state index in [1.807, 2.05) is 11.4 Å². The zero-order valence-electron chi connectivity index (χ0n) is 10.8. The minimum absolute atomic E-state index is 0.132. The van der Waals surface area contributed by atoms with Gasteiger partial charge in [0, 0.05) is 10.2 Å². The molecular formula is C12H13BrN2OS4. The number of carbonyl (C=O) groups is 1. The number of carbonyl (C=O) groups excluding carboxylic acids is 1. The van der Waals surface area contributed by atoms with E-state index in [-0.39, 0.29) is 5.78 Å². The SMILES string of the molecule is CCCCSc1nnc(SCC(=O)c2sccc2Br)s1. The Morgan fingerprint density at radius 1 is 1.35 bits per heavy atom. The third kappa shape index (κ3) is 4.84. The van der Waals surface area contributed by atoms with E-state index >= 15 is 0 Å². The highest BCUT2D eigenvalue weighted by molar-refractivity contribution is 9.10. The molecule has 2 heterocycles. The molecule has 0 N–H and O–H groups in total. The van der Waals surface area contributed by atoms with Crippen molar-refractivity contribution in [3.05, 3.63) is 20.8 Å². The summed E-state index contributed by atoms with van der Waals surface area (Å²) in [5.74, 6) is 1.62. The second-order valence-corrected chi connectivity index (χ2v) is 9.16. The zero-order chi connectivity index (χ0) is 14.4. The van der Waals surface area contributed by atoms with Crippen molar-refractivity contribution in [1.29, 1.82) is 0 Å². The van der Waals surface area contributed by atoms with E-state index in [2.05, 4.69) is 33.1 Å². The quantitative estimate of drug-likeness (QED) is 0.339. The minimum Gasteiger partial charge on any atom is -0.292 e. The Kier molecular flexibility index (Phi) is 7.03. The van der Waals surface area contributed by atoms with Gasteiger partial charge in [0.25, 0.3) is 0 Å². The van der Waals surface area contributed by atoms with E-state index in [1.54, 1.807) is 23.1 Å². The van der Waals surface area contributed by atoms with Crippen molar-refractivity contribution in [2.75, 3.05) is 11.5 Å². The van der Waals surface area contributed by atoms with Crippen molar-refractivity contribution < 1.29 is 4.79 Å². The molecule has 0 bridgehead atoms. The number of aromatic nitrogens is 2. The first-order chi connectivity index (χ1) is 9.70. The van der Waals surface area contributed by atoms with Gasteiger partial charge in [-0.3, -0.25) is 4.79 Å². The third-order valence-electron chi connectivity index (χ3n) is 2.31. The van der Waals surface area contributed by atoms with Crippen molar-refractivity contribution >= 4 is 67.9 Å². The van der Waals surface area contributed by atoms with Gasteiger partial charge >= 0.3 is 0 Å². The van der Waals surface area contributed by atoms with Crippen LogP contribution in [-0.2, 0) is 0 Å². The monoisotopic (exact) mass is 408 g/mol. The standard InChI is InChI=1S/C12H13BrN2OS4/c1-2-3-5-18-11-14-15-12(20-11)19-7-9(16)10-8(13)4-6-17-10/h4,6H,2-3,5,7H2,1H3. The summed E-state index contributed by atoms with van der Waals surface area (Å²) in [5.41, 5.74) is 0. The normalized spacial score (nSPS) is 10.9. The van der Waals surface area contributed by atoms with Crippen molar-refractivity contribution in [2.24, 2.45) is 0 Å². The predicted molar refractivity (Wildman–Crippen MR) is 92.6 cm³/mol. The first-order valence-electron chi connectivity index (χ1n) is 6.06. The van der Waals surface area contributed by atoms with Gasteiger partial charge in [0.05, 0.1) is 10.6 Å². The van der Waals surface area contributed by atoms with Crippen LogP contribution in [0.25, 0.3) is 0 Å². The molecule has 0 amide bonds. The van der Waals surface area contributed by atoms with Gasteiger partial charge in [-0.25, -0.2) is 0 Å². The van der Waals surface area contributed by atoms with Crippen molar-refractivity contribution in [3.8, 4) is 0 Å². The van der Waals surface area contributed by atoms with Crippen molar-refractivity contribution in [2.45, 2.75) is 28.4 Å². The Labute approximate surface area is 143 Å².